The summed E-state index contributed by atoms with van der Waals surface area (Å²) >= 11 is 0. The monoisotopic (exact) mass is 800 g/mol. The largest absolute Gasteiger partial charge is 0.238 e. The summed E-state index contributed by atoms with van der Waals surface area (Å²) in [7, 11) is 0. The standard InChI is InChI=1S/C59H36N4/c1-60-46-33-34-53-50(37-46)55-47(25-14-28-54(55)59(53)51-26-10-8-23-48(51)49-24-9-11-27-52(49)59)40-29-31-41(32-30-40)56-61-57(44-21-12-19-42(35-44)38-15-4-2-5-16-38)63-58(62-56)45-22-13-20-43(36-45)39-17-6-3-7-18-39/h2-37H. The molecule has 0 saturated carbocycles. The molecule has 4 nitrogen and oxygen atoms in total. The first kappa shape index (κ1) is 36.3. The van der Waals surface area contributed by atoms with Gasteiger partial charge in [0.15, 0.2) is 23.2 Å². The van der Waals surface area contributed by atoms with Gasteiger partial charge >= 0.3 is 0 Å². The zero-order chi connectivity index (χ0) is 41.9. The number of hydrogen-bond donors (Lipinski definition) is 0. The molecule has 0 radical (unpaired) electrons. The third kappa shape index (κ3) is 5.79. The van der Waals surface area contributed by atoms with Gasteiger partial charge in [0.2, 0.25) is 0 Å². The Morgan fingerprint density at radius 3 is 1.30 bits per heavy atom. The predicted molar refractivity (Wildman–Crippen MR) is 255 cm³/mol. The van der Waals surface area contributed by atoms with E-state index in [1.54, 1.807) is 0 Å². The van der Waals surface area contributed by atoms with Gasteiger partial charge in [-0.25, -0.2) is 19.8 Å². The van der Waals surface area contributed by atoms with Gasteiger partial charge < -0.3 is 0 Å². The third-order valence-electron chi connectivity index (χ3n) is 12.8. The molecule has 2 aliphatic carbocycles. The Hall–Kier alpha value is -8.52. The minimum Gasteiger partial charge on any atom is -0.238 e. The Balaban J connectivity index is 1.00. The highest BCUT2D eigenvalue weighted by molar-refractivity contribution is 6.00. The van der Waals surface area contributed by atoms with E-state index in [2.05, 4.69) is 205 Å². The lowest BCUT2D eigenvalue weighted by atomic mass is 9.70. The second-order valence-electron chi connectivity index (χ2n) is 16.2. The molecule has 0 bridgehead atoms. The minimum absolute atomic E-state index is 0.498. The van der Waals surface area contributed by atoms with Gasteiger partial charge in [-0.1, -0.05) is 200 Å². The van der Waals surface area contributed by atoms with Crippen molar-refractivity contribution in [3.05, 3.63) is 252 Å². The fraction of sp³-hybridized carbons (Fsp3) is 0.0169. The van der Waals surface area contributed by atoms with Crippen LogP contribution in [0, 0.1) is 6.57 Å². The molecule has 2 aliphatic rings. The third-order valence-corrected chi connectivity index (χ3v) is 12.8. The summed E-state index contributed by atoms with van der Waals surface area (Å²) in [6.07, 6.45) is 0. The van der Waals surface area contributed by atoms with E-state index in [0.717, 1.165) is 55.6 Å². The number of rotatable bonds is 6. The Kier molecular flexibility index (Phi) is 8.42. The summed E-state index contributed by atoms with van der Waals surface area (Å²) in [6.45, 7) is 8.00. The maximum atomic E-state index is 8.00. The van der Waals surface area contributed by atoms with Crippen LogP contribution in [0.5, 0.6) is 0 Å². The van der Waals surface area contributed by atoms with Crippen molar-refractivity contribution in [1.29, 1.82) is 0 Å². The van der Waals surface area contributed by atoms with Crippen molar-refractivity contribution in [2.45, 2.75) is 5.41 Å². The van der Waals surface area contributed by atoms with Crippen molar-refractivity contribution in [2.24, 2.45) is 0 Å². The molecule has 292 valence electrons. The highest BCUT2D eigenvalue weighted by Gasteiger charge is 2.52. The van der Waals surface area contributed by atoms with Gasteiger partial charge in [-0.05, 0) is 96.1 Å². The van der Waals surface area contributed by atoms with Crippen LogP contribution in [-0.2, 0) is 5.41 Å². The molecule has 1 spiro atoms. The van der Waals surface area contributed by atoms with Crippen LogP contribution in [0.4, 0.5) is 5.69 Å². The molecule has 10 aromatic rings. The van der Waals surface area contributed by atoms with E-state index in [0.29, 0.717) is 23.2 Å². The van der Waals surface area contributed by atoms with Gasteiger partial charge in [0.25, 0.3) is 0 Å². The Morgan fingerprint density at radius 2 is 0.730 bits per heavy atom. The Bertz CT molecular complexity index is 3310. The molecule has 0 atom stereocenters. The van der Waals surface area contributed by atoms with Crippen LogP contribution < -0.4 is 0 Å². The van der Waals surface area contributed by atoms with Crippen molar-refractivity contribution < 1.29 is 0 Å². The minimum atomic E-state index is -0.498. The Labute approximate surface area is 366 Å². The first-order valence-corrected chi connectivity index (χ1v) is 21.2. The van der Waals surface area contributed by atoms with Crippen molar-refractivity contribution in [3.63, 3.8) is 0 Å². The van der Waals surface area contributed by atoms with Crippen LogP contribution in [0.2, 0.25) is 0 Å². The molecular formula is C59H36N4. The molecule has 0 fully saturated rings. The average Bonchev–Trinajstić information content (AvgIpc) is 3.84. The second kappa shape index (κ2) is 14.6. The zero-order valence-corrected chi connectivity index (χ0v) is 34.1. The first-order valence-electron chi connectivity index (χ1n) is 21.2. The van der Waals surface area contributed by atoms with Gasteiger partial charge in [-0.3, -0.25) is 0 Å². The first-order chi connectivity index (χ1) is 31.2. The molecule has 0 N–H and O–H groups in total. The van der Waals surface area contributed by atoms with Crippen LogP contribution in [0.15, 0.2) is 218 Å². The topological polar surface area (TPSA) is 43.0 Å². The second-order valence-corrected chi connectivity index (χ2v) is 16.2. The van der Waals surface area contributed by atoms with Crippen molar-refractivity contribution in [1.82, 2.24) is 15.0 Å². The fourth-order valence-electron chi connectivity index (χ4n) is 9.99. The summed E-state index contributed by atoms with van der Waals surface area (Å²) in [6, 6.07) is 76.8. The van der Waals surface area contributed by atoms with Gasteiger partial charge in [0, 0.05) is 16.7 Å². The fourth-order valence-corrected chi connectivity index (χ4v) is 9.99. The van der Waals surface area contributed by atoms with E-state index < -0.39 is 5.41 Å². The highest BCUT2D eigenvalue weighted by atomic mass is 15.0. The van der Waals surface area contributed by atoms with Crippen molar-refractivity contribution in [2.75, 3.05) is 0 Å². The number of benzene rings is 9. The van der Waals surface area contributed by atoms with Gasteiger partial charge in [-0.15, -0.1) is 0 Å². The highest BCUT2D eigenvalue weighted by Crippen LogP contribution is 2.64. The van der Waals surface area contributed by atoms with Crippen molar-refractivity contribution >= 4 is 5.69 Å². The molecular weight excluding hydrogens is 765 g/mol. The maximum absolute atomic E-state index is 8.00. The molecule has 4 heteroatoms. The number of aromatic nitrogens is 3. The Morgan fingerprint density at radius 1 is 0.302 bits per heavy atom. The molecule has 1 aromatic heterocycles. The molecule has 0 unspecified atom stereocenters. The summed E-state index contributed by atoms with van der Waals surface area (Å²) < 4.78 is 0. The smallest absolute Gasteiger partial charge is 0.187 e. The normalized spacial score (nSPS) is 12.6. The van der Waals surface area contributed by atoms with E-state index in [-0.39, 0.29) is 0 Å². The summed E-state index contributed by atoms with van der Waals surface area (Å²) in [4.78, 5) is 19.4. The summed E-state index contributed by atoms with van der Waals surface area (Å²) in [5.41, 5.74) is 19.3. The molecule has 0 aliphatic heterocycles. The zero-order valence-electron chi connectivity index (χ0n) is 34.1. The summed E-state index contributed by atoms with van der Waals surface area (Å²) in [5.74, 6) is 1.82. The molecule has 1 heterocycles. The molecule has 0 saturated heterocycles. The molecule has 9 aromatic carbocycles. The maximum Gasteiger partial charge on any atom is 0.187 e. The SMILES string of the molecule is [C-]#[N+]c1ccc2c(c1)-c1c(-c3ccc(-c4nc(-c5cccc(-c6ccccc6)c5)nc(-c5cccc(-c6ccccc6)c5)n4)cc3)cccc1C21c2ccccc2-c2ccccc21. The van der Waals surface area contributed by atoms with Crippen LogP contribution in [0.3, 0.4) is 0 Å². The van der Waals surface area contributed by atoms with Crippen LogP contribution >= 0.6 is 0 Å². The molecule has 63 heavy (non-hydrogen) atoms. The lowest BCUT2D eigenvalue weighted by Crippen LogP contribution is -2.25. The number of nitrogens with zero attached hydrogens (tertiary/aromatic N) is 4. The van der Waals surface area contributed by atoms with Crippen LogP contribution in [0.1, 0.15) is 22.3 Å². The van der Waals surface area contributed by atoms with Gasteiger partial charge in [-0.2, -0.15) is 0 Å². The average molecular weight is 801 g/mol. The van der Waals surface area contributed by atoms with Gasteiger partial charge in [0.1, 0.15) is 0 Å². The van der Waals surface area contributed by atoms with Gasteiger partial charge in [0.05, 0.1) is 12.0 Å². The lowest BCUT2D eigenvalue weighted by Gasteiger charge is -2.30. The number of hydrogen-bond acceptors (Lipinski definition) is 3. The van der Waals surface area contributed by atoms with E-state index in [4.69, 9.17) is 21.5 Å². The van der Waals surface area contributed by atoms with E-state index in [1.165, 1.54) is 38.9 Å². The van der Waals surface area contributed by atoms with Crippen molar-refractivity contribution in [3.8, 4) is 89.8 Å². The molecule has 12 rings (SSSR count). The summed E-state index contributed by atoms with van der Waals surface area (Å²) in [5, 5.41) is 0. The van der Waals surface area contributed by atoms with E-state index in [1.807, 2.05) is 18.2 Å². The quantitative estimate of drug-likeness (QED) is 0.157. The van der Waals surface area contributed by atoms with E-state index in [9.17, 15) is 0 Å². The predicted octanol–water partition coefficient (Wildman–Crippen LogP) is 14.8. The van der Waals surface area contributed by atoms with Crippen LogP contribution in [0.25, 0.3) is 94.6 Å². The van der Waals surface area contributed by atoms with Crippen LogP contribution in [-0.4, -0.2) is 15.0 Å². The number of fused-ring (bicyclic) bond motifs is 10. The van der Waals surface area contributed by atoms with E-state index >= 15 is 0 Å². The molecule has 0 amide bonds. The lowest BCUT2D eigenvalue weighted by molar-refractivity contribution is 0.794.